The van der Waals surface area contributed by atoms with E-state index in [0.29, 0.717) is 0 Å². The molecule has 3 rings (SSSR count). The van der Waals surface area contributed by atoms with Gasteiger partial charge in [-0.1, -0.05) is 47.2 Å². The molecule has 3 aromatic carbocycles. The van der Waals surface area contributed by atoms with Crippen molar-refractivity contribution < 1.29 is 17.1 Å². The summed E-state index contributed by atoms with van der Waals surface area (Å²) in [5.74, 6) is 0. The Hall–Kier alpha value is -1.30. The Kier molecular flexibility index (Phi) is 2.77. The average Bonchev–Trinajstić information content (AvgIpc) is 2.26. The molecule has 0 saturated heterocycles. The van der Waals surface area contributed by atoms with Gasteiger partial charge in [-0.2, -0.15) is 0 Å². The van der Waals surface area contributed by atoms with Crippen molar-refractivity contribution in [2.75, 3.05) is 0 Å². The Bertz CT molecular complexity index is 494. The molecule has 0 unspecified atom stereocenters. The van der Waals surface area contributed by atoms with Gasteiger partial charge in [-0.15, -0.1) is 35.0 Å². The molecular weight excluding hydrogens is 224 g/mol. The van der Waals surface area contributed by atoms with Crippen LogP contribution >= 0.6 is 0 Å². The topological polar surface area (TPSA) is 0 Å². The van der Waals surface area contributed by atoms with Gasteiger partial charge in [0.15, 0.2) is 0 Å². The number of fused-ring (bicyclic) bond motifs is 2. The second-order valence-corrected chi connectivity index (χ2v) is 3.44. The van der Waals surface area contributed by atoms with Gasteiger partial charge in [0.2, 0.25) is 0 Å². The first-order chi connectivity index (χ1) is 6.93. The fraction of sp³-hybridized carbons (Fsp3) is 0. The first-order valence-corrected chi connectivity index (χ1v) is 4.73. The van der Waals surface area contributed by atoms with Crippen molar-refractivity contribution >= 4 is 21.5 Å². The zero-order chi connectivity index (χ0) is 9.38. The van der Waals surface area contributed by atoms with Gasteiger partial charge in [-0.25, -0.2) is 0 Å². The van der Waals surface area contributed by atoms with E-state index in [4.69, 9.17) is 0 Å². The van der Waals surface area contributed by atoms with Crippen molar-refractivity contribution in [1.82, 2.24) is 0 Å². The van der Waals surface area contributed by atoms with Crippen LogP contribution in [0.2, 0.25) is 0 Å². The molecule has 0 spiro atoms. The molecule has 0 aliphatic rings. The molecule has 0 atom stereocenters. The summed E-state index contributed by atoms with van der Waals surface area (Å²) in [6.45, 7) is 0. The maximum absolute atomic E-state index is 3.41. The molecule has 0 nitrogen and oxygen atoms in total. The van der Waals surface area contributed by atoms with Crippen LogP contribution in [0.3, 0.4) is 0 Å². The molecule has 0 aromatic heterocycles. The second kappa shape index (κ2) is 4.06. The van der Waals surface area contributed by atoms with Crippen molar-refractivity contribution in [2.24, 2.45) is 0 Å². The van der Waals surface area contributed by atoms with E-state index in [1.54, 1.807) is 0 Å². The summed E-state index contributed by atoms with van der Waals surface area (Å²) in [6.07, 6.45) is 0. The summed E-state index contributed by atoms with van der Waals surface area (Å²) in [5.41, 5.74) is 0. The third-order valence-corrected chi connectivity index (χ3v) is 2.50. The van der Waals surface area contributed by atoms with Gasteiger partial charge >= 0.3 is 0 Å². The summed E-state index contributed by atoms with van der Waals surface area (Å²) >= 11 is 0. The predicted octanol–water partition coefficient (Wildman–Crippen LogP) is 3.79. The quantitative estimate of drug-likeness (QED) is 0.315. The Morgan fingerprint density at radius 2 is 1.13 bits per heavy atom. The van der Waals surface area contributed by atoms with Crippen LogP contribution in [0.15, 0.2) is 54.6 Å². The SMILES string of the molecule is [Fe].[c-]1c2ccccc2cc2ccccc12. The third-order valence-electron chi connectivity index (χ3n) is 2.50. The van der Waals surface area contributed by atoms with Crippen molar-refractivity contribution in [3.05, 3.63) is 60.7 Å². The maximum atomic E-state index is 3.41. The van der Waals surface area contributed by atoms with Crippen LogP contribution in [-0.4, -0.2) is 0 Å². The van der Waals surface area contributed by atoms with E-state index in [-0.39, 0.29) is 17.1 Å². The average molecular weight is 233 g/mol. The summed E-state index contributed by atoms with van der Waals surface area (Å²) in [5, 5.41) is 4.88. The van der Waals surface area contributed by atoms with Gasteiger partial charge in [0.05, 0.1) is 0 Å². The van der Waals surface area contributed by atoms with Crippen LogP contribution in [0.25, 0.3) is 21.5 Å². The molecule has 3 aromatic rings. The molecule has 0 fully saturated rings. The van der Waals surface area contributed by atoms with Crippen LogP contribution in [0.5, 0.6) is 0 Å². The van der Waals surface area contributed by atoms with E-state index in [1.807, 2.05) is 12.1 Å². The minimum Gasteiger partial charge on any atom is -0.118 e. The van der Waals surface area contributed by atoms with Gasteiger partial charge in [0.25, 0.3) is 0 Å². The number of rotatable bonds is 0. The van der Waals surface area contributed by atoms with Crippen LogP contribution in [-0.2, 0) is 17.1 Å². The zero-order valence-electron chi connectivity index (χ0n) is 8.05. The Labute approximate surface area is 99.4 Å². The van der Waals surface area contributed by atoms with Gasteiger partial charge in [-0.3, -0.25) is 0 Å². The molecule has 0 N–H and O–H groups in total. The fourth-order valence-corrected chi connectivity index (χ4v) is 1.79. The van der Waals surface area contributed by atoms with E-state index in [1.165, 1.54) is 21.5 Å². The van der Waals surface area contributed by atoms with Crippen LogP contribution < -0.4 is 0 Å². The van der Waals surface area contributed by atoms with Gasteiger partial charge in [0, 0.05) is 17.1 Å². The Morgan fingerprint density at radius 1 is 0.667 bits per heavy atom. The zero-order valence-corrected chi connectivity index (χ0v) is 9.15. The van der Waals surface area contributed by atoms with E-state index in [9.17, 15) is 0 Å². The van der Waals surface area contributed by atoms with Crippen LogP contribution in [0.1, 0.15) is 0 Å². The number of hydrogen-bond donors (Lipinski definition) is 0. The predicted molar refractivity (Wildman–Crippen MR) is 60.3 cm³/mol. The van der Waals surface area contributed by atoms with Crippen molar-refractivity contribution in [2.45, 2.75) is 0 Å². The molecule has 0 aliphatic carbocycles. The van der Waals surface area contributed by atoms with E-state index >= 15 is 0 Å². The number of benzene rings is 3. The maximum Gasteiger partial charge on any atom is 0 e. The number of hydrogen-bond acceptors (Lipinski definition) is 0. The summed E-state index contributed by atoms with van der Waals surface area (Å²) in [7, 11) is 0. The fourth-order valence-electron chi connectivity index (χ4n) is 1.79. The third kappa shape index (κ3) is 1.77. The molecule has 0 bridgehead atoms. The molecule has 1 heteroatoms. The summed E-state index contributed by atoms with van der Waals surface area (Å²) < 4.78 is 0. The first kappa shape index (κ1) is 10.2. The second-order valence-electron chi connectivity index (χ2n) is 3.44. The molecule has 74 valence electrons. The molecule has 0 saturated carbocycles. The van der Waals surface area contributed by atoms with E-state index < -0.39 is 0 Å². The molecule has 0 radical (unpaired) electrons. The molecule has 0 aliphatic heterocycles. The molecule has 15 heavy (non-hydrogen) atoms. The summed E-state index contributed by atoms with van der Waals surface area (Å²) in [6, 6.07) is 22.3. The largest absolute Gasteiger partial charge is 0.118 e. The minimum atomic E-state index is 0. The van der Waals surface area contributed by atoms with Crippen LogP contribution in [0, 0.1) is 6.07 Å². The van der Waals surface area contributed by atoms with Crippen molar-refractivity contribution in [3.63, 3.8) is 0 Å². The first-order valence-electron chi connectivity index (χ1n) is 4.73. The Balaban J connectivity index is 0.000000853. The van der Waals surface area contributed by atoms with Gasteiger partial charge < -0.3 is 0 Å². The van der Waals surface area contributed by atoms with E-state index in [0.717, 1.165) is 0 Å². The van der Waals surface area contributed by atoms with Gasteiger partial charge in [-0.05, 0) is 0 Å². The molecular formula is C14H9Fe-. The van der Waals surface area contributed by atoms with Crippen molar-refractivity contribution in [3.8, 4) is 0 Å². The monoisotopic (exact) mass is 233 g/mol. The minimum absolute atomic E-state index is 0. The Morgan fingerprint density at radius 3 is 1.67 bits per heavy atom. The van der Waals surface area contributed by atoms with Crippen LogP contribution in [0.4, 0.5) is 0 Å². The standard InChI is InChI=1S/C14H9.Fe/c1-2-6-12-10-14-8-4-3-7-13(14)9-11(12)5-1;/h1-9H;/q-1;. The normalized spacial score (nSPS) is 10.1. The smallest absolute Gasteiger partial charge is 0 e. The van der Waals surface area contributed by atoms with E-state index in [2.05, 4.69) is 48.5 Å². The molecule has 0 amide bonds. The van der Waals surface area contributed by atoms with Crippen molar-refractivity contribution in [1.29, 1.82) is 0 Å². The summed E-state index contributed by atoms with van der Waals surface area (Å²) in [4.78, 5) is 0. The molecule has 0 heterocycles. The van der Waals surface area contributed by atoms with Gasteiger partial charge in [0.1, 0.15) is 0 Å².